The molecule has 2 heterocycles. The Morgan fingerprint density at radius 3 is 2.62 bits per heavy atom. The molecular formula is C17H14F2N2OS2. The molecule has 0 spiro atoms. The molecule has 0 saturated heterocycles. The zero-order valence-electron chi connectivity index (χ0n) is 12.8. The first-order valence-corrected chi connectivity index (χ1v) is 8.96. The normalized spacial score (nSPS) is 10.8. The molecule has 0 unspecified atom stereocenters. The Morgan fingerprint density at radius 1 is 1.21 bits per heavy atom. The smallest absolute Gasteiger partial charge is 0.251 e. The zero-order valence-corrected chi connectivity index (χ0v) is 14.4. The van der Waals surface area contributed by atoms with E-state index >= 15 is 0 Å². The predicted molar refractivity (Wildman–Crippen MR) is 92.6 cm³/mol. The Kier molecular flexibility index (Phi) is 5.01. The second-order valence-electron chi connectivity index (χ2n) is 5.18. The van der Waals surface area contributed by atoms with Crippen LogP contribution in [-0.4, -0.2) is 17.4 Å². The molecule has 2 aromatic heterocycles. The molecule has 0 saturated carbocycles. The number of thiophene rings is 1. The summed E-state index contributed by atoms with van der Waals surface area (Å²) in [5.41, 5.74) is 0.949. The van der Waals surface area contributed by atoms with E-state index in [1.54, 1.807) is 22.7 Å². The molecule has 0 atom stereocenters. The maximum absolute atomic E-state index is 13.1. The number of aryl methyl sites for hydroxylation is 1. The molecule has 1 aromatic carbocycles. The van der Waals surface area contributed by atoms with Gasteiger partial charge in [0, 0.05) is 28.4 Å². The number of thiazole rings is 1. The summed E-state index contributed by atoms with van der Waals surface area (Å²) in [4.78, 5) is 18.6. The van der Waals surface area contributed by atoms with Crippen molar-refractivity contribution in [2.45, 2.75) is 13.3 Å². The number of nitrogens with zero attached hydrogens (tertiary/aromatic N) is 1. The van der Waals surface area contributed by atoms with Crippen LogP contribution in [0.1, 0.15) is 20.2 Å². The first-order valence-electron chi connectivity index (χ1n) is 7.27. The molecule has 3 aromatic rings. The van der Waals surface area contributed by atoms with Crippen molar-refractivity contribution in [2.75, 3.05) is 6.54 Å². The SMILES string of the molecule is Cc1nc(-c2ccc(CCNC(=O)c3cc(F)cc(F)c3)s2)cs1. The quantitative estimate of drug-likeness (QED) is 0.728. The number of amides is 1. The summed E-state index contributed by atoms with van der Waals surface area (Å²) in [5, 5.41) is 5.72. The van der Waals surface area contributed by atoms with Crippen molar-refractivity contribution < 1.29 is 13.6 Å². The topological polar surface area (TPSA) is 42.0 Å². The number of nitrogens with one attached hydrogen (secondary N) is 1. The molecule has 1 amide bonds. The highest BCUT2D eigenvalue weighted by Crippen LogP contribution is 2.29. The van der Waals surface area contributed by atoms with Gasteiger partial charge in [-0.3, -0.25) is 4.79 Å². The lowest BCUT2D eigenvalue weighted by atomic mass is 10.2. The average Bonchev–Trinajstić information content (AvgIpc) is 3.15. The van der Waals surface area contributed by atoms with Gasteiger partial charge >= 0.3 is 0 Å². The summed E-state index contributed by atoms with van der Waals surface area (Å²) in [5.74, 6) is -2.01. The molecule has 0 aliphatic rings. The summed E-state index contributed by atoms with van der Waals surface area (Å²) in [6.07, 6.45) is 0.650. The molecule has 0 radical (unpaired) electrons. The minimum Gasteiger partial charge on any atom is -0.352 e. The highest BCUT2D eigenvalue weighted by Gasteiger charge is 2.10. The second-order valence-corrected chi connectivity index (χ2v) is 7.41. The fourth-order valence-electron chi connectivity index (χ4n) is 2.21. The van der Waals surface area contributed by atoms with Gasteiger partial charge in [0.25, 0.3) is 5.91 Å². The largest absolute Gasteiger partial charge is 0.352 e. The van der Waals surface area contributed by atoms with E-state index < -0.39 is 17.5 Å². The Bertz CT molecular complexity index is 853. The van der Waals surface area contributed by atoms with Crippen LogP contribution in [0.2, 0.25) is 0 Å². The number of rotatable bonds is 5. The van der Waals surface area contributed by atoms with E-state index in [2.05, 4.69) is 10.3 Å². The molecule has 3 nitrogen and oxygen atoms in total. The van der Waals surface area contributed by atoms with Crippen molar-refractivity contribution in [1.82, 2.24) is 10.3 Å². The lowest BCUT2D eigenvalue weighted by molar-refractivity contribution is 0.0953. The van der Waals surface area contributed by atoms with Crippen molar-refractivity contribution in [3.8, 4) is 10.6 Å². The van der Waals surface area contributed by atoms with Gasteiger partial charge in [-0.15, -0.1) is 22.7 Å². The van der Waals surface area contributed by atoms with Crippen LogP contribution in [0.3, 0.4) is 0 Å². The second kappa shape index (κ2) is 7.19. The molecule has 24 heavy (non-hydrogen) atoms. The van der Waals surface area contributed by atoms with E-state index in [0.717, 1.165) is 38.7 Å². The first-order chi connectivity index (χ1) is 11.5. The van der Waals surface area contributed by atoms with Crippen molar-refractivity contribution in [3.63, 3.8) is 0 Å². The molecule has 7 heteroatoms. The third kappa shape index (κ3) is 4.04. The van der Waals surface area contributed by atoms with Gasteiger partial charge in [0.05, 0.1) is 15.6 Å². The van der Waals surface area contributed by atoms with Crippen LogP contribution in [0.4, 0.5) is 8.78 Å². The van der Waals surface area contributed by atoms with E-state index in [0.29, 0.717) is 13.0 Å². The van der Waals surface area contributed by atoms with Gasteiger partial charge in [0.2, 0.25) is 0 Å². The Hall–Kier alpha value is -2.12. The van der Waals surface area contributed by atoms with Gasteiger partial charge in [0.15, 0.2) is 0 Å². The van der Waals surface area contributed by atoms with E-state index in [1.807, 2.05) is 24.4 Å². The molecule has 124 valence electrons. The maximum Gasteiger partial charge on any atom is 0.251 e. The highest BCUT2D eigenvalue weighted by atomic mass is 32.1. The van der Waals surface area contributed by atoms with Crippen LogP contribution in [0.15, 0.2) is 35.7 Å². The standard InChI is InChI=1S/C17H14F2N2OS2/c1-10-21-15(9-23-10)16-3-2-14(24-16)4-5-20-17(22)11-6-12(18)8-13(19)7-11/h2-3,6-9H,4-5H2,1H3,(H,20,22). The summed E-state index contributed by atoms with van der Waals surface area (Å²) in [6.45, 7) is 2.36. The summed E-state index contributed by atoms with van der Waals surface area (Å²) in [7, 11) is 0. The van der Waals surface area contributed by atoms with Gasteiger partial charge in [-0.05, 0) is 37.6 Å². The van der Waals surface area contributed by atoms with Crippen molar-refractivity contribution >= 4 is 28.6 Å². The minimum atomic E-state index is -0.762. The van der Waals surface area contributed by atoms with E-state index in [4.69, 9.17) is 0 Å². The monoisotopic (exact) mass is 364 g/mol. The fraction of sp³-hybridized carbons (Fsp3) is 0.176. The molecule has 0 bridgehead atoms. The summed E-state index contributed by atoms with van der Waals surface area (Å²) >= 11 is 3.23. The van der Waals surface area contributed by atoms with Crippen molar-refractivity contribution in [3.05, 3.63) is 62.8 Å². The minimum absolute atomic E-state index is 0.0164. The van der Waals surface area contributed by atoms with E-state index in [-0.39, 0.29) is 5.56 Å². The lowest BCUT2D eigenvalue weighted by Gasteiger charge is -2.04. The molecular weight excluding hydrogens is 350 g/mol. The summed E-state index contributed by atoms with van der Waals surface area (Å²) < 4.78 is 26.2. The number of carbonyl (C=O) groups excluding carboxylic acids is 1. The van der Waals surface area contributed by atoms with Crippen LogP contribution in [-0.2, 0) is 6.42 Å². The summed E-state index contributed by atoms with van der Waals surface area (Å²) in [6, 6.07) is 6.80. The third-order valence-electron chi connectivity index (χ3n) is 3.31. The number of aromatic nitrogens is 1. The number of carbonyl (C=O) groups is 1. The van der Waals surface area contributed by atoms with E-state index in [9.17, 15) is 13.6 Å². The number of benzene rings is 1. The van der Waals surface area contributed by atoms with Crippen LogP contribution < -0.4 is 5.32 Å². The van der Waals surface area contributed by atoms with Crippen LogP contribution in [0, 0.1) is 18.6 Å². The van der Waals surface area contributed by atoms with Gasteiger partial charge in [-0.25, -0.2) is 13.8 Å². The molecule has 0 aliphatic heterocycles. The Labute approximate surface area is 146 Å². The molecule has 0 fully saturated rings. The third-order valence-corrected chi connectivity index (χ3v) is 5.26. The number of halogens is 2. The van der Waals surface area contributed by atoms with Crippen molar-refractivity contribution in [2.24, 2.45) is 0 Å². The van der Waals surface area contributed by atoms with E-state index in [1.165, 1.54) is 0 Å². The fourth-order valence-corrected chi connectivity index (χ4v) is 3.87. The highest BCUT2D eigenvalue weighted by molar-refractivity contribution is 7.16. The van der Waals surface area contributed by atoms with Gasteiger partial charge < -0.3 is 5.32 Å². The lowest BCUT2D eigenvalue weighted by Crippen LogP contribution is -2.25. The number of hydrogen-bond donors (Lipinski definition) is 1. The predicted octanol–water partition coefficient (Wildman–Crippen LogP) is 4.43. The maximum atomic E-state index is 13.1. The average molecular weight is 364 g/mol. The molecule has 1 N–H and O–H groups in total. The number of hydrogen-bond acceptors (Lipinski definition) is 4. The Balaban J connectivity index is 1.56. The van der Waals surface area contributed by atoms with Gasteiger partial charge in [0.1, 0.15) is 11.6 Å². The van der Waals surface area contributed by atoms with Crippen LogP contribution >= 0.6 is 22.7 Å². The molecule has 0 aliphatic carbocycles. The van der Waals surface area contributed by atoms with Gasteiger partial charge in [-0.1, -0.05) is 0 Å². The van der Waals surface area contributed by atoms with Crippen molar-refractivity contribution in [1.29, 1.82) is 0 Å². The molecule has 3 rings (SSSR count). The van der Waals surface area contributed by atoms with Crippen LogP contribution in [0.25, 0.3) is 10.6 Å². The first kappa shape index (κ1) is 16.7. The van der Waals surface area contributed by atoms with Gasteiger partial charge in [-0.2, -0.15) is 0 Å². The van der Waals surface area contributed by atoms with Crippen LogP contribution in [0.5, 0.6) is 0 Å². The zero-order chi connectivity index (χ0) is 17.1. The Morgan fingerprint density at radius 2 is 1.96 bits per heavy atom.